The second kappa shape index (κ2) is 8.34. The molecule has 0 unspecified atom stereocenters. The maximum absolute atomic E-state index is 10.6. The van der Waals surface area contributed by atoms with Gasteiger partial charge in [-0.05, 0) is 18.2 Å². The Labute approximate surface area is 158 Å². The molecule has 0 saturated carbocycles. The van der Waals surface area contributed by atoms with E-state index in [0.717, 1.165) is 11.3 Å². The standard InChI is InChI=1S/C14H12N4O2.C2HF3O2.CH4/c1-19-8-2-3-11-7(4-8)5-9-12(16)10(6-15)13(17)18-14(9)20-11;3-2(4,5)1(6)7;/h2-4H,5H2,1H3,(H4,16,17,18);(H,6,7);1H4. The summed E-state index contributed by atoms with van der Waals surface area (Å²) in [4.78, 5) is 13.0. The monoisotopic (exact) mass is 398 g/mol. The number of methoxy groups -OCH3 is 1. The van der Waals surface area contributed by atoms with Crippen molar-refractivity contribution < 1.29 is 32.5 Å². The summed E-state index contributed by atoms with van der Waals surface area (Å²) < 4.78 is 42.6. The normalized spacial score (nSPS) is 11.2. The molecule has 2 heterocycles. The van der Waals surface area contributed by atoms with Crippen LogP contribution in [-0.2, 0) is 11.2 Å². The number of rotatable bonds is 1. The lowest BCUT2D eigenvalue weighted by molar-refractivity contribution is -0.192. The zero-order chi connectivity index (χ0) is 20.4. The molecular weight excluding hydrogens is 381 g/mol. The fourth-order valence-electron chi connectivity index (χ4n) is 2.22. The van der Waals surface area contributed by atoms with Crippen molar-refractivity contribution in [3.63, 3.8) is 0 Å². The van der Waals surface area contributed by atoms with E-state index in [1.165, 1.54) is 0 Å². The van der Waals surface area contributed by atoms with Crippen LogP contribution < -0.4 is 20.9 Å². The SMILES string of the molecule is C.COc1ccc2c(c1)Cc1c(nc(N)c(C#N)c1N)O2.O=C(O)C(F)(F)F. The van der Waals surface area contributed by atoms with Crippen LogP contribution in [0.5, 0.6) is 17.4 Å². The second-order valence-electron chi connectivity index (χ2n) is 5.24. The zero-order valence-corrected chi connectivity index (χ0v) is 13.8. The number of hydrogen-bond acceptors (Lipinski definition) is 7. The molecule has 0 saturated heterocycles. The molecule has 0 radical (unpaired) electrons. The Kier molecular flexibility index (Phi) is 6.66. The third kappa shape index (κ3) is 4.53. The number of alkyl halides is 3. The molecule has 0 atom stereocenters. The van der Waals surface area contributed by atoms with Crippen LogP contribution in [0.15, 0.2) is 18.2 Å². The number of benzene rings is 1. The fraction of sp³-hybridized carbons (Fsp3) is 0.235. The molecular formula is C17H17F3N4O4. The van der Waals surface area contributed by atoms with Crippen LogP contribution in [0.4, 0.5) is 24.7 Å². The lowest BCUT2D eigenvalue weighted by Gasteiger charge is -2.22. The highest BCUT2D eigenvalue weighted by molar-refractivity contribution is 5.73. The van der Waals surface area contributed by atoms with Gasteiger partial charge in [-0.3, -0.25) is 0 Å². The van der Waals surface area contributed by atoms with Gasteiger partial charge in [0, 0.05) is 17.5 Å². The Bertz CT molecular complexity index is 939. The van der Waals surface area contributed by atoms with Gasteiger partial charge in [-0.25, -0.2) is 4.79 Å². The molecule has 0 bridgehead atoms. The molecule has 8 nitrogen and oxygen atoms in total. The van der Waals surface area contributed by atoms with Crippen LogP contribution in [0, 0.1) is 11.3 Å². The summed E-state index contributed by atoms with van der Waals surface area (Å²) in [5, 5.41) is 16.2. The number of anilines is 2. The highest BCUT2D eigenvalue weighted by atomic mass is 19.4. The first-order valence-corrected chi connectivity index (χ1v) is 7.21. The van der Waals surface area contributed by atoms with Crippen LogP contribution in [-0.4, -0.2) is 29.3 Å². The average Bonchev–Trinajstić information content (AvgIpc) is 2.60. The molecule has 5 N–H and O–H groups in total. The maximum atomic E-state index is 10.6. The van der Waals surface area contributed by atoms with Crippen molar-refractivity contribution >= 4 is 17.5 Å². The van der Waals surface area contributed by atoms with Gasteiger partial charge in [0.05, 0.1) is 12.8 Å². The van der Waals surface area contributed by atoms with E-state index in [4.69, 9.17) is 36.1 Å². The van der Waals surface area contributed by atoms with Crippen molar-refractivity contribution in [3.05, 3.63) is 34.9 Å². The number of carbonyl (C=O) groups is 1. The van der Waals surface area contributed by atoms with Gasteiger partial charge in [-0.15, -0.1) is 0 Å². The van der Waals surface area contributed by atoms with Gasteiger partial charge in [0.25, 0.3) is 0 Å². The first-order chi connectivity index (χ1) is 12.6. The Morgan fingerprint density at radius 2 is 2.00 bits per heavy atom. The summed E-state index contributed by atoms with van der Waals surface area (Å²) in [6, 6.07) is 7.46. The molecule has 1 aliphatic heterocycles. The summed E-state index contributed by atoms with van der Waals surface area (Å²) in [7, 11) is 1.60. The summed E-state index contributed by atoms with van der Waals surface area (Å²) >= 11 is 0. The van der Waals surface area contributed by atoms with E-state index in [2.05, 4.69) is 4.98 Å². The minimum absolute atomic E-state index is 0. The van der Waals surface area contributed by atoms with Crippen molar-refractivity contribution in [3.8, 4) is 23.4 Å². The van der Waals surface area contributed by atoms with Gasteiger partial charge in [-0.1, -0.05) is 7.43 Å². The van der Waals surface area contributed by atoms with Crippen LogP contribution in [0.2, 0.25) is 0 Å². The number of nitrogens with two attached hydrogens (primary N) is 2. The Morgan fingerprint density at radius 3 is 2.50 bits per heavy atom. The molecule has 11 heteroatoms. The quantitative estimate of drug-likeness (QED) is 0.567. The summed E-state index contributed by atoms with van der Waals surface area (Å²) in [6.45, 7) is 0. The highest BCUT2D eigenvalue weighted by Crippen LogP contribution is 2.41. The molecule has 0 amide bonds. The number of ether oxygens (including phenoxy) is 2. The summed E-state index contributed by atoms with van der Waals surface area (Å²) in [6.07, 6.45) is -4.56. The van der Waals surface area contributed by atoms with Crippen LogP contribution in [0.3, 0.4) is 0 Å². The first kappa shape index (κ1) is 22.4. The maximum Gasteiger partial charge on any atom is 0.490 e. The number of halogens is 3. The number of carboxylic acid groups (broad SMARTS) is 1. The molecule has 1 aliphatic rings. The average molecular weight is 398 g/mol. The molecule has 0 spiro atoms. The second-order valence-corrected chi connectivity index (χ2v) is 5.24. The molecule has 2 aromatic rings. The number of aliphatic carboxylic acids is 1. The van der Waals surface area contributed by atoms with Crippen LogP contribution in [0.1, 0.15) is 24.1 Å². The fourth-order valence-corrected chi connectivity index (χ4v) is 2.22. The number of nitrogens with zero attached hydrogens (tertiary/aromatic N) is 2. The number of nitriles is 1. The van der Waals surface area contributed by atoms with Gasteiger partial charge >= 0.3 is 12.1 Å². The van der Waals surface area contributed by atoms with E-state index >= 15 is 0 Å². The topological polar surface area (TPSA) is 144 Å². The molecule has 3 rings (SSSR count). The van der Waals surface area contributed by atoms with E-state index in [-0.39, 0.29) is 18.8 Å². The van der Waals surface area contributed by atoms with E-state index < -0.39 is 12.1 Å². The highest BCUT2D eigenvalue weighted by Gasteiger charge is 2.38. The van der Waals surface area contributed by atoms with Gasteiger partial charge in [0.1, 0.15) is 28.9 Å². The Morgan fingerprint density at radius 1 is 1.39 bits per heavy atom. The van der Waals surface area contributed by atoms with Crippen LogP contribution in [0.25, 0.3) is 0 Å². The summed E-state index contributed by atoms with van der Waals surface area (Å²) in [5.74, 6) is -0.891. The Balaban J connectivity index is 0.000000425. The smallest absolute Gasteiger partial charge is 0.490 e. The lowest BCUT2D eigenvalue weighted by Crippen LogP contribution is -2.21. The molecule has 1 aromatic carbocycles. The first-order valence-electron chi connectivity index (χ1n) is 7.21. The molecule has 28 heavy (non-hydrogen) atoms. The lowest BCUT2D eigenvalue weighted by atomic mass is 9.99. The van der Waals surface area contributed by atoms with Gasteiger partial charge < -0.3 is 26.0 Å². The largest absolute Gasteiger partial charge is 0.497 e. The van der Waals surface area contributed by atoms with Crippen molar-refractivity contribution in [2.45, 2.75) is 20.0 Å². The number of carboxylic acids is 1. The predicted octanol–water partition coefficient (Wildman–Crippen LogP) is 3.09. The van der Waals surface area contributed by atoms with Gasteiger partial charge in [-0.2, -0.15) is 23.4 Å². The van der Waals surface area contributed by atoms with Gasteiger partial charge in [0.2, 0.25) is 5.88 Å². The third-order valence-corrected chi connectivity index (χ3v) is 3.53. The zero-order valence-electron chi connectivity index (χ0n) is 13.8. The van der Waals surface area contributed by atoms with E-state index in [0.29, 0.717) is 29.3 Å². The molecule has 0 aliphatic carbocycles. The number of fused-ring (bicyclic) bond motifs is 2. The molecule has 1 aromatic heterocycles. The summed E-state index contributed by atoms with van der Waals surface area (Å²) in [5.41, 5.74) is 13.8. The number of pyridine rings is 1. The Hall–Kier alpha value is -3.68. The predicted molar refractivity (Wildman–Crippen MR) is 94.1 cm³/mol. The van der Waals surface area contributed by atoms with E-state index in [1.54, 1.807) is 13.2 Å². The van der Waals surface area contributed by atoms with Crippen molar-refractivity contribution in [1.29, 1.82) is 5.26 Å². The van der Waals surface area contributed by atoms with Crippen LogP contribution >= 0.6 is 0 Å². The number of aromatic nitrogens is 1. The van der Waals surface area contributed by atoms with Crippen molar-refractivity contribution in [2.75, 3.05) is 18.6 Å². The minimum Gasteiger partial charge on any atom is -0.497 e. The number of nitrogen functional groups attached to an aromatic ring is 2. The van der Waals surface area contributed by atoms with E-state index in [1.807, 2.05) is 18.2 Å². The van der Waals surface area contributed by atoms with E-state index in [9.17, 15) is 13.2 Å². The van der Waals surface area contributed by atoms with Gasteiger partial charge in [0.15, 0.2) is 0 Å². The third-order valence-electron chi connectivity index (χ3n) is 3.53. The van der Waals surface area contributed by atoms with Crippen molar-refractivity contribution in [2.24, 2.45) is 0 Å². The minimum atomic E-state index is -5.08. The molecule has 0 fully saturated rings. The van der Waals surface area contributed by atoms with Crippen molar-refractivity contribution in [1.82, 2.24) is 4.98 Å². The molecule has 150 valence electrons. The number of hydrogen-bond donors (Lipinski definition) is 3.